The molecule has 90 valence electrons. The molecule has 1 saturated heterocycles. The molecule has 4 heteroatoms. The van der Waals surface area contributed by atoms with Crippen LogP contribution < -0.4 is 5.32 Å². The monoisotopic (exact) mass is 250 g/mol. The van der Waals surface area contributed by atoms with Crippen LogP contribution in [0.1, 0.15) is 5.56 Å². The number of hydrogen-bond donors (Lipinski definition) is 1. The minimum absolute atomic E-state index is 0.0708. The molecular weight excluding hydrogens is 236 g/mol. The molecule has 17 heavy (non-hydrogen) atoms. The second-order valence-corrected chi connectivity index (χ2v) is 4.40. The fourth-order valence-electron chi connectivity index (χ4n) is 1.73. The van der Waals surface area contributed by atoms with Crippen molar-refractivity contribution < 1.29 is 4.79 Å². The Kier molecular flexibility index (Phi) is 4.18. The fraction of sp³-hybridized carbons (Fsp3) is 0.308. The van der Waals surface area contributed by atoms with E-state index in [9.17, 15) is 4.79 Å². The molecule has 1 aliphatic rings. The number of amides is 1. The summed E-state index contributed by atoms with van der Waals surface area (Å²) < 4.78 is 0. The van der Waals surface area contributed by atoms with Crippen LogP contribution in [0.2, 0.25) is 5.02 Å². The molecule has 0 aromatic heterocycles. The predicted molar refractivity (Wildman–Crippen MR) is 69.9 cm³/mol. The van der Waals surface area contributed by atoms with E-state index >= 15 is 0 Å². The summed E-state index contributed by atoms with van der Waals surface area (Å²) in [5, 5.41) is 3.92. The van der Waals surface area contributed by atoms with Crippen molar-refractivity contribution in [3.8, 4) is 0 Å². The van der Waals surface area contributed by atoms with Gasteiger partial charge in [-0.1, -0.05) is 23.7 Å². The van der Waals surface area contributed by atoms with Gasteiger partial charge in [0.05, 0.1) is 0 Å². The fourth-order valence-corrected chi connectivity index (χ4v) is 1.86. The highest BCUT2D eigenvalue weighted by Crippen LogP contribution is 2.10. The molecule has 3 nitrogen and oxygen atoms in total. The Hall–Kier alpha value is -1.32. The zero-order valence-electron chi connectivity index (χ0n) is 9.53. The molecule has 1 aromatic rings. The second-order valence-electron chi connectivity index (χ2n) is 3.96. The molecule has 0 saturated carbocycles. The van der Waals surface area contributed by atoms with Crippen LogP contribution in [-0.4, -0.2) is 37.0 Å². The molecule has 0 unspecified atom stereocenters. The molecule has 0 radical (unpaired) electrons. The van der Waals surface area contributed by atoms with Gasteiger partial charge < -0.3 is 10.2 Å². The molecule has 1 aliphatic heterocycles. The lowest BCUT2D eigenvalue weighted by molar-refractivity contribution is -0.126. The molecule has 0 bridgehead atoms. The van der Waals surface area contributed by atoms with Crippen LogP contribution in [0.5, 0.6) is 0 Å². The maximum atomic E-state index is 11.8. The van der Waals surface area contributed by atoms with Crippen molar-refractivity contribution in [1.29, 1.82) is 0 Å². The van der Waals surface area contributed by atoms with Crippen molar-refractivity contribution in [3.63, 3.8) is 0 Å². The number of halogens is 1. The summed E-state index contributed by atoms with van der Waals surface area (Å²) in [5.41, 5.74) is 0.984. The maximum absolute atomic E-state index is 11.8. The number of piperazine rings is 1. The van der Waals surface area contributed by atoms with Gasteiger partial charge in [0, 0.05) is 37.3 Å². The van der Waals surface area contributed by atoms with Crippen LogP contribution >= 0.6 is 11.6 Å². The zero-order chi connectivity index (χ0) is 12.1. The molecule has 1 N–H and O–H groups in total. The first-order chi connectivity index (χ1) is 8.25. The third-order valence-corrected chi connectivity index (χ3v) is 2.97. The average molecular weight is 251 g/mol. The molecule has 0 atom stereocenters. The summed E-state index contributed by atoms with van der Waals surface area (Å²) in [6.45, 7) is 3.31. The number of carbonyl (C=O) groups is 1. The van der Waals surface area contributed by atoms with Gasteiger partial charge in [-0.2, -0.15) is 0 Å². The minimum Gasteiger partial charge on any atom is -0.337 e. The number of nitrogens with zero attached hydrogens (tertiary/aromatic N) is 1. The summed E-state index contributed by atoms with van der Waals surface area (Å²) in [5.74, 6) is 0.0708. The van der Waals surface area contributed by atoms with Gasteiger partial charge in [0.1, 0.15) is 0 Å². The molecule has 1 aromatic carbocycles. The Balaban J connectivity index is 1.95. The third-order valence-electron chi connectivity index (χ3n) is 2.72. The third kappa shape index (κ3) is 3.58. The summed E-state index contributed by atoms with van der Waals surface area (Å²) in [7, 11) is 0. The van der Waals surface area contributed by atoms with E-state index in [2.05, 4.69) is 5.32 Å². The standard InChI is InChI=1S/C13H15ClN2O/c14-12-4-1-11(2-5-12)3-6-13(17)16-9-7-15-8-10-16/h1-6,15H,7-10H2/b6-3-. The van der Waals surface area contributed by atoms with Gasteiger partial charge in [-0.3, -0.25) is 4.79 Å². The second kappa shape index (κ2) is 5.84. The Morgan fingerprint density at radius 1 is 1.24 bits per heavy atom. The first-order valence-electron chi connectivity index (χ1n) is 5.69. The zero-order valence-corrected chi connectivity index (χ0v) is 10.3. The van der Waals surface area contributed by atoms with Gasteiger partial charge in [0.15, 0.2) is 0 Å². The summed E-state index contributed by atoms with van der Waals surface area (Å²) in [6.07, 6.45) is 3.44. The molecular formula is C13H15ClN2O. The highest BCUT2D eigenvalue weighted by molar-refractivity contribution is 6.30. The Labute approximate surface area is 106 Å². The van der Waals surface area contributed by atoms with Gasteiger partial charge in [-0.25, -0.2) is 0 Å². The van der Waals surface area contributed by atoms with Crippen molar-refractivity contribution >= 4 is 23.6 Å². The van der Waals surface area contributed by atoms with E-state index in [0.717, 1.165) is 31.7 Å². The van der Waals surface area contributed by atoms with Gasteiger partial charge in [-0.05, 0) is 23.8 Å². The lowest BCUT2D eigenvalue weighted by Gasteiger charge is -2.26. The SMILES string of the molecule is O=C(/C=C\c1ccc(Cl)cc1)N1CCNCC1. The van der Waals surface area contributed by atoms with Crippen molar-refractivity contribution in [2.24, 2.45) is 0 Å². The van der Waals surface area contributed by atoms with Crippen LogP contribution in [0.25, 0.3) is 6.08 Å². The van der Waals surface area contributed by atoms with Crippen LogP contribution in [0, 0.1) is 0 Å². The van der Waals surface area contributed by atoms with Crippen molar-refractivity contribution in [1.82, 2.24) is 10.2 Å². The first kappa shape index (κ1) is 12.1. The largest absolute Gasteiger partial charge is 0.337 e. The lowest BCUT2D eigenvalue weighted by atomic mass is 10.2. The number of nitrogens with one attached hydrogen (secondary N) is 1. The van der Waals surface area contributed by atoms with E-state index in [1.54, 1.807) is 6.08 Å². The Morgan fingerprint density at radius 2 is 1.88 bits per heavy atom. The van der Waals surface area contributed by atoms with Gasteiger partial charge >= 0.3 is 0 Å². The molecule has 0 aliphatic carbocycles. The summed E-state index contributed by atoms with van der Waals surface area (Å²) >= 11 is 5.79. The minimum atomic E-state index is 0.0708. The highest BCUT2D eigenvalue weighted by atomic mass is 35.5. The van der Waals surface area contributed by atoms with Gasteiger partial charge in [-0.15, -0.1) is 0 Å². The summed E-state index contributed by atoms with van der Waals surface area (Å²) in [4.78, 5) is 13.7. The van der Waals surface area contributed by atoms with E-state index in [0.29, 0.717) is 5.02 Å². The predicted octanol–water partition coefficient (Wildman–Crippen LogP) is 1.78. The Morgan fingerprint density at radius 3 is 2.53 bits per heavy atom. The molecule has 2 rings (SSSR count). The van der Waals surface area contributed by atoms with Gasteiger partial charge in [0.25, 0.3) is 0 Å². The highest BCUT2D eigenvalue weighted by Gasteiger charge is 2.12. The normalized spacial score (nSPS) is 16.4. The number of rotatable bonds is 2. The maximum Gasteiger partial charge on any atom is 0.246 e. The molecule has 1 fully saturated rings. The first-order valence-corrected chi connectivity index (χ1v) is 6.07. The number of carbonyl (C=O) groups excluding carboxylic acids is 1. The average Bonchev–Trinajstić information content (AvgIpc) is 2.39. The van der Waals surface area contributed by atoms with Crippen LogP contribution in [0.15, 0.2) is 30.3 Å². The Bertz CT molecular complexity index is 408. The smallest absolute Gasteiger partial charge is 0.246 e. The van der Waals surface area contributed by atoms with Crippen molar-refractivity contribution in [3.05, 3.63) is 40.9 Å². The number of hydrogen-bond acceptors (Lipinski definition) is 2. The quantitative estimate of drug-likeness (QED) is 0.812. The molecule has 1 amide bonds. The van der Waals surface area contributed by atoms with Crippen molar-refractivity contribution in [2.75, 3.05) is 26.2 Å². The molecule has 0 spiro atoms. The van der Waals surface area contributed by atoms with Crippen LogP contribution in [-0.2, 0) is 4.79 Å². The van der Waals surface area contributed by atoms with E-state index < -0.39 is 0 Å². The van der Waals surface area contributed by atoms with E-state index in [4.69, 9.17) is 11.6 Å². The lowest BCUT2D eigenvalue weighted by Crippen LogP contribution is -2.45. The van der Waals surface area contributed by atoms with E-state index in [-0.39, 0.29) is 5.91 Å². The summed E-state index contributed by atoms with van der Waals surface area (Å²) in [6, 6.07) is 7.42. The van der Waals surface area contributed by atoms with Crippen LogP contribution in [0.4, 0.5) is 0 Å². The topological polar surface area (TPSA) is 32.3 Å². The van der Waals surface area contributed by atoms with E-state index in [1.165, 1.54) is 0 Å². The number of benzene rings is 1. The van der Waals surface area contributed by atoms with Crippen LogP contribution in [0.3, 0.4) is 0 Å². The molecule has 1 heterocycles. The van der Waals surface area contributed by atoms with E-state index in [1.807, 2.05) is 35.2 Å². The van der Waals surface area contributed by atoms with Crippen molar-refractivity contribution in [2.45, 2.75) is 0 Å². The van der Waals surface area contributed by atoms with Gasteiger partial charge in [0.2, 0.25) is 5.91 Å².